The monoisotopic (exact) mass is 298 g/mol. The highest BCUT2D eigenvalue weighted by Gasteiger charge is 2.33. The number of ether oxygens (including phenoxy) is 1. The highest BCUT2D eigenvalue weighted by molar-refractivity contribution is 5.27. The molecule has 0 saturated carbocycles. The molecule has 0 atom stereocenters. The van der Waals surface area contributed by atoms with Crippen LogP contribution in [0, 0.1) is 0 Å². The summed E-state index contributed by atoms with van der Waals surface area (Å²) in [6, 6.07) is 7.60. The molecular formula is C14H13F3N2O2. The minimum atomic E-state index is -4.62. The number of methoxy groups -OCH3 is 1. The molecule has 0 aliphatic heterocycles. The lowest BCUT2D eigenvalue weighted by Gasteiger charge is -2.07. The van der Waals surface area contributed by atoms with Crippen molar-refractivity contribution in [2.24, 2.45) is 0 Å². The average Bonchev–Trinajstić information content (AvgIpc) is 2.44. The Balaban J connectivity index is 2.12. The molecule has 1 N–H and O–H groups in total. The summed E-state index contributed by atoms with van der Waals surface area (Å²) in [4.78, 5) is 17.0. The van der Waals surface area contributed by atoms with Gasteiger partial charge in [-0.05, 0) is 24.1 Å². The Labute approximate surface area is 118 Å². The third-order valence-corrected chi connectivity index (χ3v) is 2.89. The van der Waals surface area contributed by atoms with E-state index in [1.54, 1.807) is 19.2 Å². The van der Waals surface area contributed by atoms with E-state index in [4.69, 9.17) is 4.74 Å². The van der Waals surface area contributed by atoms with E-state index in [0.717, 1.165) is 5.56 Å². The number of aryl methyl sites for hydroxylation is 2. The summed E-state index contributed by atoms with van der Waals surface area (Å²) in [6.07, 6.45) is -3.94. The summed E-state index contributed by atoms with van der Waals surface area (Å²) >= 11 is 0. The number of hydrogen-bond acceptors (Lipinski definition) is 3. The third-order valence-electron chi connectivity index (χ3n) is 2.89. The van der Waals surface area contributed by atoms with Crippen molar-refractivity contribution in [2.45, 2.75) is 19.0 Å². The van der Waals surface area contributed by atoms with Crippen molar-refractivity contribution in [3.8, 4) is 5.75 Å². The first-order valence-corrected chi connectivity index (χ1v) is 6.19. The van der Waals surface area contributed by atoms with Crippen molar-refractivity contribution in [3.63, 3.8) is 0 Å². The fourth-order valence-electron chi connectivity index (χ4n) is 1.83. The number of rotatable bonds is 4. The summed E-state index contributed by atoms with van der Waals surface area (Å²) in [5.74, 6) is 0.718. The molecule has 0 aliphatic rings. The fourth-order valence-corrected chi connectivity index (χ4v) is 1.83. The Kier molecular flexibility index (Phi) is 4.30. The van der Waals surface area contributed by atoms with Gasteiger partial charge in [0.2, 0.25) is 0 Å². The SMILES string of the molecule is COc1ccc(CCc2nc(C(F)(F)F)cc(=O)[nH]2)cc1. The maximum Gasteiger partial charge on any atom is 0.433 e. The molecule has 1 aromatic heterocycles. The number of aromatic amines is 1. The summed E-state index contributed by atoms with van der Waals surface area (Å²) < 4.78 is 42.7. The van der Waals surface area contributed by atoms with Crippen LogP contribution in [-0.4, -0.2) is 17.1 Å². The first-order chi connectivity index (χ1) is 9.88. The molecule has 0 bridgehead atoms. The zero-order valence-electron chi connectivity index (χ0n) is 11.2. The highest BCUT2D eigenvalue weighted by Crippen LogP contribution is 2.26. The van der Waals surface area contributed by atoms with Crippen LogP contribution in [0.15, 0.2) is 35.1 Å². The second kappa shape index (κ2) is 5.99. The molecule has 0 saturated heterocycles. The predicted molar refractivity (Wildman–Crippen MR) is 70.3 cm³/mol. The molecule has 7 heteroatoms. The van der Waals surface area contributed by atoms with Crippen LogP contribution >= 0.6 is 0 Å². The zero-order valence-corrected chi connectivity index (χ0v) is 11.2. The molecule has 0 fully saturated rings. The van der Waals surface area contributed by atoms with Crippen molar-refractivity contribution in [1.29, 1.82) is 0 Å². The topological polar surface area (TPSA) is 55.0 Å². The smallest absolute Gasteiger partial charge is 0.433 e. The number of aromatic nitrogens is 2. The molecule has 4 nitrogen and oxygen atoms in total. The molecule has 1 aromatic carbocycles. The van der Waals surface area contributed by atoms with Gasteiger partial charge in [0.25, 0.3) is 5.56 Å². The fraction of sp³-hybridized carbons (Fsp3) is 0.286. The Morgan fingerprint density at radius 1 is 1.19 bits per heavy atom. The van der Waals surface area contributed by atoms with Gasteiger partial charge in [-0.3, -0.25) is 4.79 Å². The number of halogens is 3. The number of alkyl halides is 3. The lowest BCUT2D eigenvalue weighted by molar-refractivity contribution is -0.141. The van der Waals surface area contributed by atoms with Gasteiger partial charge < -0.3 is 9.72 Å². The Bertz CT molecular complexity index is 663. The third kappa shape index (κ3) is 4.08. The van der Waals surface area contributed by atoms with Crippen LogP contribution in [0.2, 0.25) is 0 Å². The Morgan fingerprint density at radius 3 is 2.43 bits per heavy atom. The molecule has 21 heavy (non-hydrogen) atoms. The van der Waals surface area contributed by atoms with Crippen LogP contribution in [-0.2, 0) is 19.0 Å². The van der Waals surface area contributed by atoms with Crippen molar-refractivity contribution in [3.05, 3.63) is 57.8 Å². The standard InChI is InChI=1S/C14H13F3N2O2/c1-21-10-5-2-9(3-6-10)4-7-12-18-11(14(15,16)17)8-13(20)19-12/h2-3,5-6,8H,4,7H2,1H3,(H,18,19,20). The van der Waals surface area contributed by atoms with E-state index in [0.29, 0.717) is 18.2 Å². The molecule has 0 unspecified atom stereocenters. The van der Waals surface area contributed by atoms with Gasteiger partial charge >= 0.3 is 6.18 Å². The minimum Gasteiger partial charge on any atom is -0.497 e. The molecule has 112 valence electrons. The van der Waals surface area contributed by atoms with Crippen LogP contribution in [0.1, 0.15) is 17.1 Å². The molecule has 0 radical (unpaired) electrons. The number of nitrogens with one attached hydrogen (secondary N) is 1. The first kappa shape index (κ1) is 15.1. The summed E-state index contributed by atoms with van der Waals surface area (Å²) in [5.41, 5.74) is -1.06. The van der Waals surface area contributed by atoms with Gasteiger partial charge in [-0.1, -0.05) is 12.1 Å². The van der Waals surface area contributed by atoms with Gasteiger partial charge in [0.15, 0.2) is 5.69 Å². The van der Waals surface area contributed by atoms with E-state index in [9.17, 15) is 18.0 Å². The minimum absolute atomic E-state index is 0.0191. The van der Waals surface area contributed by atoms with E-state index in [1.165, 1.54) is 0 Å². The van der Waals surface area contributed by atoms with Crippen molar-refractivity contribution in [1.82, 2.24) is 9.97 Å². The van der Waals surface area contributed by atoms with E-state index in [1.807, 2.05) is 12.1 Å². The second-order valence-corrected chi connectivity index (χ2v) is 4.42. The molecular weight excluding hydrogens is 285 g/mol. The molecule has 2 aromatic rings. The first-order valence-electron chi connectivity index (χ1n) is 6.19. The number of nitrogens with zero attached hydrogens (tertiary/aromatic N) is 1. The summed E-state index contributed by atoms with van der Waals surface area (Å²) in [6.45, 7) is 0. The Hall–Kier alpha value is -2.31. The Morgan fingerprint density at radius 2 is 1.86 bits per heavy atom. The highest BCUT2D eigenvalue weighted by atomic mass is 19.4. The van der Waals surface area contributed by atoms with Crippen molar-refractivity contribution >= 4 is 0 Å². The van der Waals surface area contributed by atoms with Crippen LogP contribution in [0.5, 0.6) is 5.75 Å². The predicted octanol–water partition coefficient (Wildman–Crippen LogP) is 2.58. The quantitative estimate of drug-likeness (QED) is 0.944. The van der Waals surface area contributed by atoms with Crippen LogP contribution in [0.4, 0.5) is 13.2 Å². The summed E-state index contributed by atoms with van der Waals surface area (Å²) in [7, 11) is 1.55. The van der Waals surface area contributed by atoms with E-state index in [-0.39, 0.29) is 12.2 Å². The van der Waals surface area contributed by atoms with Gasteiger partial charge in [0.05, 0.1) is 7.11 Å². The maximum absolute atomic E-state index is 12.6. The lowest BCUT2D eigenvalue weighted by atomic mass is 10.1. The molecule has 2 rings (SSSR count). The molecule has 0 spiro atoms. The number of H-pyrrole nitrogens is 1. The van der Waals surface area contributed by atoms with Gasteiger partial charge in [-0.15, -0.1) is 0 Å². The van der Waals surface area contributed by atoms with E-state index >= 15 is 0 Å². The lowest BCUT2D eigenvalue weighted by Crippen LogP contribution is -2.18. The van der Waals surface area contributed by atoms with E-state index in [2.05, 4.69) is 9.97 Å². The zero-order chi connectivity index (χ0) is 15.5. The van der Waals surface area contributed by atoms with Crippen LogP contribution in [0.3, 0.4) is 0 Å². The van der Waals surface area contributed by atoms with Gasteiger partial charge in [-0.25, -0.2) is 4.98 Å². The van der Waals surface area contributed by atoms with Gasteiger partial charge in [0, 0.05) is 12.5 Å². The maximum atomic E-state index is 12.6. The number of benzene rings is 1. The second-order valence-electron chi connectivity index (χ2n) is 4.42. The summed E-state index contributed by atoms with van der Waals surface area (Å²) in [5, 5.41) is 0. The van der Waals surface area contributed by atoms with Gasteiger partial charge in [-0.2, -0.15) is 13.2 Å². The van der Waals surface area contributed by atoms with Crippen molar-refractivity contribution < 1.29 is 17.9 Å². The molecule has 1 heterocycles. The largest absolute Gasteiger partial charge is 0.497 e. The number of hydrogen-bond donors (Lipinski definition) is 1. The normalized spacial score (nSPS) is 11.4. The van der Waals surface area contributed by atoms with Gasteiger partial charge in [0.1, 0.15) is 11.6 Å². The van der Waals surface area contributed by atoms with E-state index < -0.39 is 17.4 Å². The molecule has 0 amide bonds. The van der Waals surface area contributed by atoms with Crippen LogP contribution < -0.4 is 10.3 Å². The molecule has 0 aliphatic carbocycles. The average molecular weight is 298 g/mol. The van der Waals surface area contributed by atoms with Crippen molar-refractivity contribution in [2.75, 3.05) is 7.11 Å². The van der Waals surface area contributed by atoms with Crippen LogP contribution in [0.25, 0.3) is 0 Å².